The molecule has 0 radical (unpaired) electrons. The van der Waals surface area contributed by atoms with Gasteiger partial charge in [0.05, 0.1) is 18.2 Å². The fourth-order valence-corrected chi connectivity index (χ4v) is 2.63. The number of aliphatic hydroxyl groups is 1. The Morgan fingerprint density at radius 3 is 2.44 bits per heavy atom. The van der Waals surface area contributed by atoms with Gasteiger partial charge >= 0.3 is 0 Å². The van der Waals surface area contributed by atoms with Crippen molar-refractivity contribution in [1.29, 1.82) is 5.26 Å². The van der Waals surface area contributed by atoms with E-state index < -0.39 is 0 Å². The molecule has 0 aromatic heterocycles. The Morgan fingerprint density at radius 2 is 1.89 bits per heavy atom. The zero-order chi connectivity index (χ0) is 13.0. The lowest BCUT2D eigenvalue weighted by atomic mass is 9.87. The first kappa shape index (κ1) is 13.1. The van der Waals surface area contributed by atoms with Gasteiger partial charge in [0.1, 0.15) is 0 Å². The van der Waals surface area contributed by atoms with Crippen LogP contribution < -0.4 is 0 Å². The lowest BCUT2D eigenvalue weighted by molar-refractivity contribution is 0.0540. The average Bonchev–Trinajstić information content (AvgIpc) is 2.47. The van der Waals surface area contributed by atoms with Gasteiger partial charge in [-0.1, -0.05) is 30.3 Å². The van der Waals surface area contributed by atoms with Gasteiger partial charge in [-0.2, -0.15) is 5.26 Å². The molecule has 18 heavy (non-hydrogen) atoms. The number of hydrogen-bond donors (Lipinski definition) is 1. The summed E-state index contributed by atoms with van der Waals surface area (Å²) in [5.41, 5.74) is 1.00. The van der Waals surface area contributed by atoms with E-state index in [1.807, 2.05) is 37.3 Å². The van der Waals surface area contributed by atoms with Crippen molar-refractivity contribution in [1.82, 2.24) is 4.90 Å². The Bertz CT molecular complexity index is 404. The first-order valence-corrected chi connectivity index (χ1v) is 6.59. The summed E-state index contributed by atoms with van der Waals surface area (Å²) in [7, 11) is 0. The van der Waals surface area contributed by atoms with E-state index in [0.717, 1.165) is 31.5 Å². The number of nitriles is 1. The molecule has 0 unspecified atom stereocenters. The summed E-state index contributed by atoms with van der Waals surface area (Å²) in [4.78, 5) is 2.19. The van der Waals surface area contributed by atoms with Gasteiger partial charge in [-0.05, 0) is 44.3 Å². The van der Waals surface area contributed by atoms with Gasteiger partial charge in [0.2, 0.25) is 0 Å². The monoisotopic (exact) mass is 244 g/mol. The van der Waals surface area contributed by atoms with Gasteiger partial charge in [0.25, 0.3) is 0 Å². The van der Waals surface area contributed by atoms with Crippen molar-refractivity contribution in [2.75, 3.05) is 13.1 Å². The summed E-state index contributed by atoms with van der Waals surface area (Å²) in [6.45, 7) is 3.75. The van der Waals surface area contributed by atoms with Crippen LogP contribution in [0.15, 0.2) is 30.3 Å². The number of piperidine rings is 1. The minimum Gasteiger partial charge on any atom is -0.388 e. The molecule has 1 heterocycles. The Labute approximate surface area is 109 Å². The van der Waals surface area contributed by atoms with Gasteiger partial charge in [-0.3, -0.25) is 4.90 Å². The number of likely N-dealkylation sites (tertiary alicyclic amines) is 1. The highest BCUT2D eigenvalue weighted by atomic mass is 16.3. The van der Waals surface area contributed by atoms with E-state index in [-0.39, 0.29) is 12.1 Å². The molecule has 1 N–H and O–H groups in total. The van der Waals surface area contributed by atoms with E-state index >= 15 is 0 Å². The molecule has 0 bridgehead atoms. The van der Waals surface area contributed by atoms with Crippen LogP contribution in [0, 0.1) is 17.2 Å². The van der Waals surface area contributed by atoms with Gasteiger partial charge in [-0.15, -0.1) is 0 Å². The van der Waals surface area contributed by atoms with Crippen LogP contribution in [0.5, 0.6) is 0 Å². The smallest absolute Gasteiger partial charge is 0.0949 e. The third-order valence-electron chi connectivity index (χ3n) is 3.90. The first-order valence-electron chi connectivity index (χ1n) is 6.59. The van der Waals surface area contributed by atoms with E-state index in [4.69, 9.17) is 5.26 Å². The predicted molar refractivity (Wildman–Crippen MR) is 70.8 cm³/mol. The maximum Gasteiger partial charge on any atom is 0.0949 e. The van der Waals surface area contributed by atoms with Gasteiger partial charge in [0.15, 0.2) is 0 Å². The maximum atomic E-state index is 10.3. The lowest BCUT2D eigenvalue weighted by Crippen LogP contribution is -2.40. The lowest BCUT2D eigenvalue weighted by Gasteiger charge is -2.35. The van der Waals surface area contributed by atoms with Crippen molar-refractivity contribution in [3.8, 4) is 6.07 Å². The van der Waals surface area contributed by atoms with Crippen LogP contribution in [0.3, 0.4) is 0 Å². The van der Waals surface area contributed by atoms with Crippen LogP contribution in [-0.2, 0) is 0 Å². The summed E-state index contributed by atoms with van der Waals surface area (Å²) in [5.74, 6) is 0.314. The van der Waals surface area contributed by atoms with Crippen LogP contribution >= 0.6 is 0 Å². The SMILES string of the molecule is C[C@H](C#N)N1CCC([C@@H](O)c2ccccc2)CC1. The zero-order valence-electron chi connectivity index (χ0n) is 10.8. The molecule has 2 atom stereocenters. The topological polar surface area (TPSA) is 47.3 Å². The van der Waals surface area contributed by atoms with E-state index in [0.29, 0.717) is 5.92 Å². The fourth-order valence-electron chi connectivity index (χ4n) is 2.63. The van der Waals surface area contributed by atoms with Gasteiger partial charge in [0, 0.05) is 0 Å². The van der Waals surface area contributed by atoms with Gasteiger partial charge in [-0.25, -0.2) is 0 Å². The molecule has 1 aliphatic heterocycles. The van der Waals surface area contributed by atoms with E-state index in [2.05, 4.69) is 11.0 Å². The molecule has 0 amide bonds. The second kappa shape index (κ2) is 5.99. The maximum absolute atomic E-state index is 10.3. The molecule has 96 valence electrons. The zero-order valence-corrected chi connectivity index (χ0v) is 10.8. The standard InChI is InChI=1S/C15H20N2O/c1-12(11-16)17-9-7-14(8-10-17)15(18)13-5-3-2-4-6-13/h2-6,12,14-15,18H,7-10H2,1H3/t12-,15+/m1/s1. The van der Waals surface area contributed by atoms with Crippen LogP contribution in [0.2, 0.25) is 0 Å². The number of aliphatic hydroxyl groups excluding tert-OH is 1. The Morgan fingerprint density at radius 1 is 1.28 bits per heavy atom. The molecule has 1 fully saturated rings. The molecule has 1 aliphatic rings. The number of rotatable bonds is 3. The van der Waals surface area contributed by atoms with E-state index in [1.54, 1.807) is 0 Å². The summed E-state index contributed by atoms with van der Waals surface area (Å²) < 4.78 is 0. The largest absolute Gasteiger partial charge is 0.388 e. The molecule has 3 heteroatoms. The third kappa shape index (κ3) is 2.90. The molecular weight excluding hydrogens is 224 g/mol. The minimum absolute atomic E-state index is 0.0141. The minimum atomic E-state index is -0.370. The normalized spacial score (nSPS) is 21.2. The van der Waals surface area contributed by atoms with Crippen molar-refractivity contribution in [3.05, 3.63) is 35.9 Å². The second-order valence-electron chi connectivity index (χ2n) is 5.03. The molecular formula is C15H20N2O. The quantitative estimate of drug-likeness (QED) is 0.887. The summed E-state index contributed by atoms with van der Waals surface area (Å²) in [6, 6.07) is 12.1. The highest BCUT2D eigenvalue weighted by molar-refractivity contribution is 5.18. The Hall–Kier alpha value is -1.37. The highest BCUT2D eigenvalue weighted by Gasteiger charge is 2.27. The molecule has 1 aromatic rings. The van der Waals surface area contributed by atoms with E-state index in [9.17, 15) is 5.11 Å². The first-order chi connectivity index (χ1) is 8.72. The van der Waals surface area contributed by atoms with Crippen molar-refractivity contribution < 1.29 is 5.11 Å². The summed E-state index contributed by atoms with van der Waals surface area (Å²) in [6.07, 6.45) is 1.55. The third-order valence-corrected chi connectivity index (χ3v) is 3.90. The van der Waals surface area contributed by atoms with Crippen LogP contribution in [0.1, 0.15) is 31.4 Å². The summed E-state index contributed by atoms with van der Waals surface area (Å²) in [5, 5.41) is 19.2. The van der Waals surface area contributed by atoms with Gasteiger partial charge < -0.3 is 5.11 Å². The molecule has 1 saturated heterocycles. The summed E-state index contributed by atoms with van der Waals surface area (Å²) >= 11 is 0. The number of nitrogens with zero attached hydrogens (tertiary/aromatic N) is 2. The Balaban J connectivity index is 1.92. The molecule has 0 spiro atoms. The average molecular weight is 244 g/mol. The van der Waals surface area contributed by atoms with Crippen LogP contribution in [0.4, 0.5) is 0 Å². The van der Waals surface area contributed by atoms with Crippen molar-refractivity contribution in [2.45, 2.75) is 31.9 Å². The van der Waals surface area contributed by atoms with Crippen LogP contribution in [0.25, 0.3) is 0 Å². The molecule has 3 nitrogen and oxygen atoms in total. The predicted octanol–water partition coefficient (Wildman–Crippen LogP) is 2.34. The molecule has 2 rings (SSSR count). The Kier molecular flexibility index (Phi) is 4.35. The fraction of sp³-hybridized carbons (Fsp3) is 0.533. The van der Waals surface area contributed by atoms with Crippen molar-refractivity contribution in [3.63, 3.8) is 0 Å². The number of benzene rings is 1. The van der Waals surface area contributed by atoms with Crippen LogP contribution in [-0.4, -0.2) is 29.1 Å². The van der Waals surface area contributed by atoms with Crippen molar-refractivity contribution >= 4 is 0 Å². The number of hydrogen-bond acceptors (Lipinski definition) is 3. The van der Waals surface area contributed by atoms with Crippen molar-refractivity contribution in [2.24, 2.45) is 5.92 Å². The van der Waals surface area contributed by atoms with E-state index in [1.165, 1.54) is 0 Å². The molecule has 1 aromatic carbocycles. The molecule has 0 aliphatic carbocycles. The highest BCUT2D eigenvalue weighted by Crippen LogP contribution is 2.30. The second-order valence-corrected chi connectivity index (χ2v) is 5.03. The molecule has 0 saturated carbocycles.